The molecule has 1 unspecified atom stereocenters. The highest BCUT2D eigenvalue weighted by atomic mass is 28.4. The minimum atomic E-state index is -2.43. The van der Waals surface area contributed by atoms with Gasteiger partial charge in [-0.2, -0.15) is 0 Å². The van der Waals surface area contributed by atoms with E-state index < -0.39 is 49.5 Å². The van der Waals surface area contributed by atoms with E-state index in [0.29, 0.717) is 0 Å². The molecule has 1 aliphatic carbocycles. The van der Waals surface area contributed by atoms with E-state index in [2.05, 4.69) is 4.98 Å². The van der Waals surface area contributed by atoms with Crippen LogP contribution in [-0.2, 0) is 20.4 Å². The first-order valence-electron chi connectivity index (χ1n) is 11.8. The molecule has 1 heterocycles. The fraction of sp³-hybridized carbons (Fsp3) is 0.538. The van der Waals surface area contributed by atoms with Gasteiger partial charge in [0.25, 0.3) is 0 Å². The van der Waals surface area contributed by atoms with Crippen molar-refractivity contribution in [2.24, 2.45) is 5.73 Å². The average molecular weight is 525 g/mol. The second-order valence-electron chi connectivity index (χ2n) is 11.5. The summed E-state index contributed by atoms with van der Waals surface area (Å²) in [6, 6.07) is 6.26. The molecule has 0 spiro atoms. The van der Waals surface area contributed by atoms with Crippen molar-refractivity contribution in [2.75, 3.05) is 6.61 Å². The predicted molar refractivity (Wildman–Crippen MR) is 133 cm³/mol. The third-order valence-electron chi connectivity index (χ3n) is 7.32. The number of primary amides is 1. The lowest BCUT2D eigenvalue weighted by Crippen LogP contribution is -2.47. The van der Waals surface area contributed by atoms with Crippen LogP contribution in [0.3, 0.4) is 0 Å². The van der Waals surface area contributed by atoms with Crippen LogP contribution in [-0.4, -0.2) is 36.8 Å². The number of hydrogen-bond donors (Lipinski definition) is 2. The van der Waals surface area contributed by atoms with E-state index in [9.17, 15) is 14.3 Å². The molecule has 0 saturated heterocycles. The number of carbonyl (C=O) groups is 1. The Bertz CT molecular complexity index is 1150. The third-order valence-corrected chi connectivity index (χ3v) is 12.0. The molecule has 1 aromatic carbocycles. The number of halogens is 3. The number of aromatic nitrogens is 1. The number of nitrogens with zero attached hydrogens (tertiary/aromatic N) is 1. The Kier molecular flexibility index (Phi) is 7.15. The van der Waals surface area contributed by atoms with Crippen LogP contribution in [0.25, 0.3) is 11.3 Å². The van der Waals surface area contributed by atoms with Crippen LogP contribution >= 0.6 is 0 Å². The van der Waals surface area contributed by atoms with Crippen molar-refractivity contribution >= 4 is 14.4 Å². The van der Waals surface area contributed by atoms with Gasteiger partial charge in [0.1, 0.15) is 23.8 Å². The van der Waals surface area contributed by atoms with E-state index in [1.54, 1.807) is 13.8 Å². The number of ether oxygens (including phenoxy) is 1. The summed E-state index contributed by atoms with van der Waals surface area (Å²) in [4.78, 5) is 15.6. The van der Waals surface area contributed by atoms with Crippen molar-refractivity contribution in [1.29, 1.82) is 0 Å². The number of nitrogens with two attached hydrogens (primary N) is 1. The summed E-state index contributed by atoms with van der Waals surface area (Å²) in [7, 11) is -2.43. The molecule has 1 aromatic heterocycles. The molecular formula is C26H35F3N2O4Si. The molecule has 0 aliphatic heterocycles. The van der Waals surface area contributed by atoms with Gasteiger partial charge in [-0.3, -0.25) is 0 Å². The summed E-state index contributed by atoms with van der Waals surface area (Å²) in [6.45, 7) is 12.8. The van der Waals surface area contributed by atoms with Gasteiger partial charge in [0.05, 0.1) is 11.3 Å². The molecular weight excluding hydrogens is 489 g/mol. The lowest BCUT2D eigenvalue weighted by molar-refractivity contribution is -0.0969. The standard InChI is InChI=1S/C26H35F3N2O4Si/c1-23(2,3)36(6,7)35-24(4,5)18-14-19(26(33,15-34-22(30)32)25(29)12-13-25)31-21(20(18)28)16-8-10-17(27)11-9-16/h8-11,14,33H,12-13,15H2,1-7H3,(H2,30,32). The van der Waals surface area contributed by atoms with Crippen molar-refractivity contribution in [3.63, 3.8) is 0 Å². The number of aliphatic hydroxyl groups is 1. The van der Waals surface area contributed by atoms with Gasteiger partial charge in [-0.05, 0) is 75.2 Å². The molecule has 1 amide bonds. The molecule has 0 bridgehead atoms. The first kappa shape index (κ1) is 28.1. The zero-order valence-electron chi connectivity index (χ0n) is 21.8. The van der Waals surface area contributed by atoms with Gasteiger partial charge in [0.2, 0.25) is 0 Å². The average Bonchev–Trinajstić information content (AvgIpc) is 3.50. The lowest BCUT2D eigenvalue weighted by Gasteiger charge is -2.43. The number of hydrogen-bond acceptors (Lipinski definition) is 5. The quantitative estimate of drug-likeness (QED) is 0.409. The number of pyridine rings is 1. The first-order chi connectivity index (χ1) is 16.3. The van der Waals surface area contributed by atoms with E-state index in [4.69, 9.17) is 14.9 Å². The van der Waals surface area contributed by atoms with Gasteiger partial charge in [0.15, 0.2) is 19.7 Å². The molecule has 1 aliphatic rings. The van der Waals surface area contributed by atoms with Gasteiger partial charge < -0.3 is 20.0 Å². The Balaban J connectivity index is 2.26. The second-order valence-corrected chi connectivity index (χ2v) is 16.3. The van der Waals surface area contributed by atoms with Gasteiger partial charge in [-0.15, -0.1) is 0 Å². The summed E-state index contributed by atoms with van der Waals surface area (Å²) in [5, 5.41) is 11.3. The maximum atomic E-state index is 16.1. The van der Waals surface area contributed by atoms with Crippen LogP contribution in [0.15, 0.2) is 30.3 Å². The maximum Gasteiger partial charge on any atom is 0.404 e. The fourth-order valence-corrected chi connectivity index (χ4v) is 5.65. The van der Waals surface area contributed by atoms with Gasteiger partial charge >= 0.3 is 6.09 Å². The van der Waals surface area contributed by atoms with Crippen molar-refractivity contribution in [1.82, 2.24) is 4.98 Å². The molecule has 2 aromatic rings. The third kappa shape index (κ3) is 5.30. The van der Waals surface area contributed by atoms with E-state index in [1.807, 2.05) is 33.9 Å². The van der Waals surface area contributed by atoms with Gasteiger partial charge in [0, 0.05) is 11.1 Å². The summed E-state index contributed by atoms with van der Waals surface area (Å²) in [5.41, 5.74) is -0.831. The molecule has 3 N–H and O–H groups in total. The number of alkyl halides is 1. The Labute approximate surface area is 211 Å². The highest BCUT2D eigenvalue weighted by Gasteiger charge is 2.63. The van der Waals surface area contributed by atoms with E-state index in [0.717, 1.165) is 12.1 Å². The Morgan fingerprint density at radius 2 is 1.69 bits per heavy atom. The molecule has 1 atom stereocenters. The predicted octanol–water partition coefficient (Wildman–Crippen LogP) is 6.07. The Hall–Kier alpha value is -2.43. The van der Waals surface area contributed by atoms with E-state index in [-0.39, 0.29) is 40.4 Å². The van der Waals surface area contributed by atoms with Crippen LogP contribution in [0.2, 0.25) is 18.1 Å². The molecule has 36 heavy (non-hydrogen) atoms. The van der Waals surface area contributed by atoms with Gasteiger partial charge in [-0.25, -0.2) is 22.9 Å². The minimum absolute atomic E-state index is 0.00421. The molecule has 1 fully saturated rings. The topological polar surface area (TPSA) is 94.7 Å². The highest BCUT2D eigenvalue weighted by molar-refractivity contribution is 6.74. The van der Waals surface area contributed by atoms with Crippen LogP contribution in [0.4, 0.5) is 18.0 Å². The maximum absolute atomic E-state index is 16.1. The molecule has 0 radical (unpaired) electrons. The van der Waals surface area contributed by atoms with Crippen molar-refractivity contribution in [3.05, 3.63) is 53.2 Å². The molecule has 1 saturated carbocycles. The minimum Gasteiger partial charge on any atom is -0.446 e. The summed E-state index contributed by atoms with van der Waals surface area (Å²) >= 11 is 0. The first-order valence-corrected chi connectivity index (χ1v) is 14.7. The molecule has 6 nitrogen and oxygen atoms in total. The summed E-state index contributed by atoms with van der Waals surface area (Å²) in [6.07, 6.45) is -1.20. The van der Waals surface area contributed by atoms with Crippen LogP contribution < -0.4 is 5.73 Å². The van der Waals surface area contributed by atoms with Crippen LogP contribution in [0.5, 0.6) is 0 Å². The molecule has 3 rings (SSSR count). The number of benzene rings is 1. The van der Waals surface area contributed by atoms with Crippen LogP contribution in [0, 0.1) is 11.6 Å². The zero-order valence-corrected chi connectivity index (χ0v) is 22.8. The largest absolute Gasteiger partial charge is 0.446 e. The van der Waals surface area contributed by atoms with Crippen molar-refractivity contribution in [2.45, 2.75) is 82.5 Å². The van der Waals surface area contributed by atoms with Crippen molar-refractivity contribution < 1.29 is 32.2 Å². The van der Waals surface area contributed by atoms with Crippen LogP contribution in [0.1, 0.15) is 58.7 Å². The molecule has 10 heteroatoms. The second kappa shape index (κ2) is 9.15. The Morgan fingerprint density at radius 1 is 1.14 bits per heavy atom. The van der Waals surface area contributed by atoms with Gasteiger partial charge in [-0.1, -0.05) is 20.8 Å². The van der Waals surface area contributed by atoms with Crippen molar-refractivity contribution in [3.8, 4) is 11.3 Å². The number of carbonyl (C=O) groups excluding carboxylic acids is 1. The highest BCUT2D eigenvalue weighted by Crippen LogP contribution is 2.54. The SMILES string of the molecule is CC(C)(O[Si](C)(C)C(C)(C)C)c1cc(C(O)(COC(N)=O)C2(F)CC2)nc(-c2ccc(F)cc2)c1F. The number of amides is 1. The lowest BCUT2D eigenvalue weighted by atomic mass is 9.87. The normalized spacial score (nSPS) is 17.4. The monoisotopic (exact) mass is 524 g/mol. The Morgan fingerprint density at radius 3 is 2.17 bits per heavy atom. The fourth-order valence-electron chi connectivity index (χ4n) is 3.96. The number of rotatable bonds is 8. The van der Waals surface area contributed by atoms with E-state index >= 15 is 8.78 Å². The summed E-state index contributed by atoms with van der Waals surface area (Å²) in [5.74, 6) is -1.26. The summed E-state index contributed by atoms with van der Waals surface area (Å²) < 4.78 is 56.6. The molecule has 198 valence electrons. The van der Waals surface area contributed by atoms with E-state index in [1.165, 1.54) is 18.2 Å². The zero-order chi connectivity index (χ0) is 27.3. The smallest absolute Gasteiger partial charge is 0.404 e.